The summed E-state index contributed by atoms with van der Waals surface area (Å²) in [6, 6.07) is 7.96. The fourth-order valence-corrected chi connectivity index (χ4v) is 4.31. The van der Waals surface area contributed by atoms with Crippen LogP contribution in [-0.2, 0) is 17.5 Å². The van der Waals surface area contributed by atoms with E-state index in [9.17, 15) is 22.9 Å². The normalized spacial score (nSPS) is 16.2. The molecular weight excluding hydrogens is 487 g/mol. The molecule has 2 N–H and O–H groups in total. The van der Waals surface area contributed by atoms with Crippen molar-refractivity contribution in [3.05, 3.63) is 52.4 Å². The number of carbonyl (C=O) groups excluding carboxylic acids is 1. The van der Waals surface area contributed by atoms with Crippen molar-refractivity contribution in [3.63, 3.8) is 0 Å². The van der Waals surface area contributed by atoms with E-state index in [-0.39, 0.29) is 22.9 Å². The molecule has 1 aliphatic rings. The Kier molecular flexibility index (Phi) is 8.09. The van der Waals surface area contributed by atoms with Crippen molar-refractivity contribution >= 4 is 17.5 Å². The zero-order chi connectivity index (χ0) is 27.6. The van der Waals surface area contributed by atoms with Crippen LogP contribution in [0.3, 0.4) is 0 Å². The number of nitrogens with two attached hydrogens (primary N) is 1. The van der Waals surface area contributed by atoms with Gasteiger partial charge >= 0.3 is 12.3 Å². The summed E-state index contributed by atoms with van der Waals surface area (Å²) in [4.78, 5) is 25.6. The molecule has 2 aromatic rings. The number of amides is 1. The lowest BCUT2D eigenvalue weighted by Gasteiger charge is -2.40. The standard InChI is InChI=1S/C27H34F3N3O4/c1-25(2,3)37-24(34)33(18-10-12-26(4,5)13-11-18)16-17-6-8-19(9-7-17)36-23-15-21(31)22(32-35)14-20(23)27(28,29)30/h6-9,14-15,18H,10-13,16,31H2,1-5H3. The quantitative estimate of drug-likeness (QED) is 0.305. The van der Waals surface area contributed by atoms with Gasteiger partial charge in [0.05, 0.1) is 5.69 Å². The molecule has 0 unspecified atom stereocenters. The first-order valence-electron chi connectivity index (χ1n) is 12.2. The van der Waals surface area contributed by atoms with Crippen molar-refractivity contribution in [1.82, 2.24) is 4.90 Å². The molecule has 1 amide bonds. The fourth-order valence-electron chi connectivity index (χ4n) is 4.31. The summed E-state index contributed by atoms with van der Waals surface area (Å²) in [5.74, 6) is -0.394. The molecule has 1 aliphatic carbocycles. The van der Waals surface area contributed by atoms with Gasteiger partial charge in [-0.3, -0.25) is 0 Å². The van der Waals surface area contributed by atoms with Crippen molar-refractivity contribution in [2.24, 2.45) is 10.6 Å². The van der Waals surface area contributed by atoms with E-state index >= 15 is 0 Å². The lowest BCUT2D eigenvalue weighted by Crippen LogP contribution is -2.45. The second-order valence-corrected chi connectivity index (χ2v) is 11.2. The number of anilines is 1. The van der Waals surface area contributed by atoms with E-state index in [0.29, 0.717) is 12.6 Å². The molecule has 0 bridgehead atoms. The van der Waals surface area contributed by atoms with Crippen LogP contribution in [0.5, 0.6) is 11.5 Å². The Hall–Kier alpha value is -3.30. The SMILES string of the molecule is CC1(C)CCC(N(Cc2ccc(Oc3cc(N)c(N=O)cc3C(F)(F)F)cc2)C(=O)OC(C)(C)C)CC1. The Morgan fingerprint density at radius 1 is 1.11 bits per heavy atom. The smallest absolute Gasteiger partial charge is 0.420 e. The molecule has 10 heteroatoms. The van der Waals surface area contributed by atoms with Crippen LogP contribution in [-0.4, -0.2) is 22.6 Å². The van der Waals surface area contributed by atoms with Crippen LogP contribution in [0, 0.1) is 10.3 Å². The number of benzene rings is 2. The Morgan fingerprint density at radius 2 is 1.70 bits per heavy atom. The number of nitrogen functional groups attached to an aromatic ring is 1. The Bertz CT molecular complexity index is 1120. The largest absolute Gasteiger partial charge is 0.457 e. The summed E-state index contributed by atoms with van der Waals surface area (Å²) in [5.41, 5.74) is 4.12. The van der Waals surface area contributed by atoms with Crippen LogP contribution in [0.4, 0.5) is 29.3 Å². The first kappa shape index (κ1) is 28.3. The third kappa shape index (κ3) is 7.60. The maximum atomic E-state index is 13.5. The van der Waals surface area contributed by atoms with E-state index in [2.05, 4.69) is 19.0 Å². The average Bonchev–Trinajstić information content (AvgIpc) is 2.77. The number of halogens is 3. The van der Waals surface area contributed by atoms with Gasteiger partial charge in [0.2, 0.25) is 0 Å². The molecule has 2 aromatic carbocycles. The van der Waals surface area contributed by atoms with E-state index in [1.54, 1.807) is 17.0 Å². The van der Waals surface area contributed by atoms with Gasteiger partial charge in [0.1, 0.15) is 28.4 Å². The minimum Gasteiger partial charge on any atom is -0.457 e. The second kappa shape index (κ2) is 10.6. The van der Waals surface area contributed by atoms with Crippen molar-refractivity contribution in [2.75, 3.05) is 5.73 Å². The summed E-state index contributed by atoms with van der Waals surface area (Å²) < 4.78 is 51.7. The van der Waals surface area contributed by atoms with Gasteiger partial charge in [0.15, 0.2) is 0 Å². The molecule has 0 atom stereocenters. The van der Waals surface area contributed by atoms with Gasteiger partial charge in [-0.05, 0) is 80.8 Å². The molecule has 37 heavy (non-hydrogen) atoms. The van der Waals surface area contributed by atoms with Crippen LogP contribution < -0.4 is 10.5 Å². The van der Waals surface area contributed by atoms with Crippen LogP contribution >= 0.6 is 0 Å². The van der Waals surface area contributed by atoms with Crippen LogP contribution in [0.1, 0.15) is 71.4 Å². The number of ether oxygens (including phenoxy) is 2. The summed E-state index contributed by atoms with van der Waals surface area (Å²) in [5, 5.41) is 2.54. The van der Waals surface area contributed by atoms with Gasteiger partial charge in [-0.2, -0.15) is 13.2 Å². The number of nitrogens with zero attached hydrogens (tertiary/aromatic N) is 2. The number of hydrogen-bond donors (Lipinski definition) is 1. The Morgan fingerprint density at radius 3 is 2.22 bits per heavy atom. The van der Waals surface area contributed by atoms with Crippen molar-refractivity contribution in [3.8, 4) is 11.5 Å². The summed E-state index contributed by atoms with van der Waals surface area (Å²) in [6.07, 6.45) is -1.46. The molecule has 0 aliphatic heterocycles. The summed E-state index contributed by atoms with van der Waals surface area (Å²) in [7, 11) is 0. The third-order valence-corrected chi connectivity index (χ3v) is 6.41. The highest BCUT2D eigenvalue weighted by Gasteiger charge is 2.36. The molecule has 1 saturated carbocycles. The number of nitroso groups, excluding NO2 is 1. The van der Waals surface area contributed by atoms with E-state index in [1.165, 1.54) is 12.1 Å². The van der Waals surface area contributed by atoms with Gasteiger partial charge < -0.3 is 20.1 Å². The van der Waals surface area contributed by atoms with E-state index in [4.69, 9.17) is 15.2 Å². The molecule has 7 nitrogen and oxygen atoms in total. The first-order valence-corrected chi connectivity index (χ1v) is 12.2. The number of hydrogen-bond acceptors (Lipinski definition) is 6. The predicted molar refractivity (Wildman–Crippen MR) is 136 cm³/mol. The highest BCUT2D eigenvalue weighted by atomic mass is 19.4. The topological polar surface area (TPSA) is 94.2 Å². The molecule has 0 saturated heterocycles. The third-order valence-electron chi connectivity index (χ3n) is 6.41. The van der Waals surface area contributed by atoms with Gasteiger partial charge in [-0.15, -0.1) is 4.91 Å². The van der Waals surface area contributed by atoms with Crippen LogP contribution in [0.2, 0.25) is 0 Å². The van der Waals surface area contributed by atoms with E-state index < -0.39 is 34.9 Å². The molecule has 202 valence electrons. The predicted octanol–water partition coefficient (Wildman–Crippen LogP) is 8.18. The molecule has 3 rings (SSSR count). The minimum absolute atomic E-state index is 0.0288. The van der Waals surface area contributed by atoms with E-state index in [0.717, 1.165) is 37.3 Å². The average molecular weight is 522 g/mol. The molecular formula is C27H34F3N3O4. The minimum atomic E-state index is -4.77. The first-order chi connectivity index (χ1) is 17.1. The van der Waals surface area contributed by atoms with Gasteiger partial charge in [-0.25, -0.2) is 4.79 Å². The van der Waals surface area contributed by atoms with Crippen molar-refractivity contribution < 1.29 is 27.4 Å². The fraction of sp³-hybridized carbons (Fsp3) is 0.519. The molecule has 0 heterocycles. The van der Waals surface area contributed by atoms with E-state index in [1.807, 2.05) is 20.8 Å². The molecule has 0 aromatic heterocycles. The summed E-state index contributed by atoms with van der Waals surface area (Å²) >= 11 is 0. The number of alkyl halides is 3. The molecule has 0 spiro atoms. The highest BCUT2D eigenvalue weighted by Crippen LogP contribution is 2.43. The van der Waals surface area contributed by atoms with Crippen LogP contribution in [0.15, 0.2) is 41.6 Å². The Labute approximate surface area is 215 Å². The molecule has 1 fully saturated rings. The maximum Gasteiger partial charge on any atom is 0.420 e. The van der Waals surface area contributed by atoms with Crippen molar-refractivity contribution in [1.29, 1.82) is 0 Å². The summed E-state index contributed by atoms with van der Waals surface area (Å²) in [6.45, 7) is 10.2. The van der Waals surface area contributed by atoms with Crippen LogP contribution in [0.25, 0.3) is 0 Å². The highest BCUT2D eigenvalue weighted by molar-refractivity contribution is 5.69. The Balaban J connectivity index is 1.81. The van der Waals surface area contributed by atoms with Gasteiger partial charge in [0.25, 0.3) is 0 Å². The number of carbonyl (C=O) groups is 1. The second-order valence-electron chi connectivity index (χ2n) is 11.2. The van der Waals surface area contributed by atoms with Crippen molar-refractivity contribution in [2.45, 2.75) is 84.7 Å². The monoisotopic (exact) mass is 521 g/mol. The maximum absolute atomic E-state index is 13.5. The lowest BCUT2D eigenvalue weighted by molar-refractivity contribution is -0.138. The number of rotatable bonds is 6. The lowest BCUT2D eigenvalue weighted by atomic mass is 9.75. The molecule has 0 radical (unpaired) electrons. The van der Waals surface area contributed by atoms with Gasteiger partial charge in [0, 0.05) is 18.7 Å². The zero-order valence-corrected chi connectivity index (χ0v) is 21.8. The van der Waals surface area contributed by atoms with Gasteiger partial charge in [-0.1, -0.05) is 26.0 Å². The zero-order valence-electron chi connectivity index (χ0n) is 21.8.